The third kappa shape index (κ3) is 5.94. The first-order valence-electron chi connectivity index (χ1n) is 7.49. The van der Waals surface area contributed by atoms with Crippen LogP contribution in [-0.4, -0.2) is 19.2 Å². The Kier molecular flexibility index (Phi) is 5.89. The summed E-state index contributed by atoms with van der Waals surface area (Å²) in [6.45, 7) is 7.41. The molecule has 0 saturated carbocycles. The molecule has 1 atom stereocenters. The molecule has 0 N–H and O–H groups in total. The van der Waals surface area contributed by atoms with E-state index in [1.165, 1.54) is 15.8 Å². The summed E-state index contributed by atoms with van der Waals surface area (Å²) < 4.78 is 0. The van der Waals surface area contributed by atoms with E-state index in [9.17, 15) is 0 Å². The highest BCUT2D eigenvalue weighted by atomic mass is 32.2. The van der Waals surface area contributed by atoms with Gasteiger partial charge >= 0.3 is 0 Å². The van der Waals surface area contributed by atoms with Crippen LogP contribution in [0.25, 0.3) is 6.08 Å². The average molecular weight is 314 g/mol. The molecule has 0 aromatic heterocycles. The van der Waals surface area contributed by atoms with Gasteiger partial charge < -0.3 is 0 Å². The molecular formula is C19H25SSi+. The van der Waals surface area contributed by atoms with Crippen LogP contribution in [0.15, 0.2) is 71.6 Å². The molecule has 21 heavy (non-hydrogen) atoms. The minimum absolute atomic E-state index is 0.344. The van der Waals surface area contributed by atoms with Crippen LogP contribution in [0.5, 0.6) is 0 Å². The zero-order valence-corrected chi connectivity index (χ0v) is 15.1. The van der Waals surface area contributed by atoms with Crippen LogP contribution in [0.2, 0.25) is 19.6 Å². The first-order valence-corrected chi connectivity index (χ1v) is 12.8. The fourth-order valence-corrected chi connectivity index (χ4v) is 8.62. The normalized spacial score (nSPS) is 13.5. The van der Waals surface area contributed by atoms with E-state index in [0.29, 0.717) is 10.9 Å². The monoisotopic (exact) mass is 313 g/mol. The molecule has 0 radical (unpaired) electrons. The zero-order valence-electron chi connectivity index (χ0n) is 13.3. The Balaban J connectivity index is 2.08. The fourth-order valence-electron chi connectivity index (χ4n) is 2.24. The van der Waals surface area contributed by atoms with Gasteiger partial charge in [0.05, 0.1) is 5.38 Å². The zero-order chi connectivity index (χ0) is 15.1. The second-order valence-electron chi connectivity index (χ2n) is 6.49. The van der Waals surface area contributed by atoms with Gasteiger partial charge in [0.25, 0.3) is 0 Å². The van der Waals surface area contributed by atoms with Crippen LogP contribution in [0.1, 0.15) is 5.56 Å². The van der Waals surface area contributed by atoms with Gasteiger partial charge in [-0.05, 0) is 23.8 Å². The standard InChI is InChI=1S/C19H25SSi/c1-21(2,3)17-20(19-14-8-5-9-15-19)16-10-13-18-11-6-4-7-12-18/h4-15H,16-17H2,1-3H3/q+1/b13-10+. The van der Waals surface area contributed by atoms with Crippen molar-refractivity contribution in [2.75, 3.05) is 11.1 Å². The lowest BCUT2D eigenvalue weighted by atomic mass is 10.2. The van der Waals surface area contributed by atoms with Crippen LogP contribution in [0.4, 0.5) is 0 Å². The quantitative estimate of drug-likeness (QED) is 0.504. The van der Waals surface area contributed by atoms with Gasteiger partial charge in [-0.25, -0.2) is 0 Å². The minimum Gasteiger partial charge on any atom is -0.0653 e. The Hall–Kier alpha value is -1.25. The van der Waals surface area contributed by atoms with Crippen LogP contribution in [-0.2, 0) is 10.9 Å². The Bertz CT molecular complexity index is 555. The minimum atomic E-state index is -1.05. The molecule has 0 heterocycles. The molecule has 2 aromatic carbocycles. The van der Waals surface area contributed by atoms with Crippen LogP contribution < -0.4 is 0 Å². The summed E-state index contributed by atoms with van der Waals surface area (Å²) in [6.07, 6.45) is 4.61. The predicted octanol–water partition coefficient (Wildman–Crippen LogP) is 5.25. The van der Waals surface area contributed by atoms with Crippen molar-refractivity contribution in [1.82, 2.24) is 0 Å². The fraction of sp³-hybridized carbons (Fsp3) is 0.263. The van der Waals surface area contributed by atoms with Gasteiger partial charge in [-0.1, -0.05) is 74.2 Å². The van der Waals surface area contributed by atoms with Crippen molar-refractivity contribution in [3.8, 4) is 0 Å². The van der Waals surface area contributed by atoms with Gasteiger partial charge in [0.15, 0.2) is 4.90 Å². The molecule has 0 aliphatic rings. The predicted molar refractivity (Wildman–Crippen MR) is 101 cm³/mol. The van der Waals surface area contributed by atoms with E-state index in [0.717, 1.165) is 5.75 Å². The summed E-state index contributed by atoms with van der Waals surface area (Å²) in [4.78, 5) is 1.51. The molecule has 0 fully saturated rings. The molecule has 0 spiro atoms. The van der Waals surface area contributed by atoms with Gasteiger partial charge in [0.1, 0.15) is 13.8 Å². The van der Waals surface area contributed by atoms with Crippen LogP contribution in [0, 0.1) is 0 Å². The number of hydrogen-bond donors (Lipinski definition) is 0. The van der Waals surface area contributed by atoms with Crippen LogP contribution >= 0.6 is 0 Å². The number of hydrogen-bond acceptors (Lipinski definition) is 0. The Labute approximate surface area is 133 Å². The largest absolute Gasteiger partial charge is 0.154 e. The smallest absolute Gasteiger partial charge is 0.0653 e. The second-order valence-corrected chi connectivity index (χ2v) is 14.6. The molecule has 0 nitrogen and oxygen atoms in total. The third-order valence-electron chi connectivity index (χ3n) is 3.09. The van der Waals surface area contributed by atoms with Gasteiger partial charge in [0.2, 0.25) is 0 Å². The van der Waals surface area contributed by atoms with E-state index >= 15 is 0 Å². The van der Waals surface area contributed by atoms with Crippen molar-refractivity contribution >= 4 is 25.0 Å². The summed E-state index contributed by atoms with van der Waals surface area (Å²) in [5, 5.41) is 1.37. The maximum Gasteiger partial charge on any atom is 0.154 e. The lowest BCUT2D eigenvalue weighted by Crippen LogP contribution is -2.33. The first-order chi connectivity index (χ1) is 10.0. The number of benzene rings is 2. The Morgan fingerprint density at radius 2 is 1.43 bits per heavy atom. The highest BCUT2D eigenvalue weighted by Crippen LogP contribution is 2.19. The molecule has 0 aliphatic heterocycles. The van der Waals surface area contributed by atoms with E-state index in [1.807, 2.05) is 0 Å². The van der Waals surface area contributed by atoms with Gasteiger partial charge in [-0.2, -0.15) is 0 Å². The van der Waals surface area contributed by atoms with Crippen molar-refractivity contribution in [3.63, 3.8) is 0 Å². The molecule has 0 aliphatic carbocycles. The lowest BCUT2D eigenvalue weighted by molar-refractivity contribution is 1.42. The highest BCUT2D eigenvalue weighted by Gasteiger charge is 2.29. The van der Waals surface area contributed by atoms with E-state index in [-0.39, 0.29) is 0 Å². The molecule has 1 unspecified atom stereocenters. The SMILES string of the molecule is C[Si](C)(C)C[S+](C/C=C/c1ccccc1)c1ccccc1. The van der Waals surface area contributed by atoms with Gasteiger partial charge in [0, 0.05) is 10.9 Å². The van der Waals surface area contributed by atoms with Gasteiger partial charge in [-0.15, -0.1) is 0 Å². The lowest BCUT2D eigenvalue weighted by Gasteiger charge is -2.16. The van der Waals surface area contributed by atoms with E-state index < -0.39 is 8.07 Å². The summed E-state index contributed by atoms with van der Waals surface area (Å²) in [5.74, 6) is 1.16. The molecule has 0 bridgehead atoms. The summed E-state index contributed by atoms with van der Waals surface area (Å²) >= 11 is 0. The van der Waals surface area contributed by atoms with Crippen molar-refractivity contribution in [1.29, 1.82) is 0 Å². The van der Waals surface area contributed by atoms with Crippen molar-refractivity contribution < 1.29 is 0 Å². The number of rotatable bonds is 6. The van der Waals surface area contributed by atoms with E-state index in [2.05, 4.69) is 92.5 Å². The second kappa shape index (κ2) is 7.67. The maximum atomic E-state index is 2.47. The first kappa shape index (κ1) is 16.1. The molecule has 0 saturated heterocycles. The molecule has 2 rings (SSSR count). The summed E-state index contributed by atoms with van der Waals surface area (Å²) in [6, 6.07) is 21.6. The third-order valence-corrected chi connectivity index (χ3v) is 9.48. The Morgan fingerprint density at radius 1 is 0.857 bits per heavy atom. The van der Waals surface area contributed by atoms with Crippen LogP contribution in [0.3, 0.4) is 0 Å². The van der Waals surface area contributed by atoms with E-state index in [1.54, 1.807) is 0 Å². The average Bonchev–Trinajstić information content (AvgIpc) is 2.47. The van der Waals surface area contributed by atoms with Gasteiger partial charge in [-0.3, -0.25) is 0 Å². The van der Waals surface area contributed by atoms with E-state index in [4.69, 9.17) is 0 Å². The maximum absolute atomic E-state index is 2.47. The molecular weight excluding hydrogens is 288 g/mol. The molecule has 2 aromatic rings. The summed E-state index contributed by atoms with van der Waals surface area (Å²) in [7, 11) is -0.710. The van der Waals surface area contributed by atoms with Crippen molar-refractivity contribution in [2.24, 2.45) is 0 Å². The highest BCUT2D eigenvalue weighted by molar-refractivity contribution is 7.98. The van der Waals surface area contributed by atoms with Crippen molar-refractivity contribution in [2.45, 2.75) is 24.5 Å². The molecule has 110 valence electrons. The Morgan fingerprint density at radius 3 is 2.00 bits per heavy atom. The molecule has 0 amide bonds. The van der Waals surface area contributed by atoms with Crippen molar-refractivity contribution in [3.05, 3.63) is 72.3 Å². The molecule has 2 heteroatoms. The topological polar surface area (TPSA) is 0 Å². The summed E-state index contributed by atoms with van der Waals surface area (Å²) in [5.41, 5.74) is 1.29.